The third kappa shape index (κ3) is 3.34. The fraction of sp³-hybridized carbons (Fsp3) is 0.278. The van der Waals surface area contributed by atoms with Crippen molar-refractivity contribution in [2.75, 3.05) is 31.1 Å². The molecule has 5 nitrogen and oxygen atoms in total. The molecule has 0 N–H and O–H groups in total. The minimum Gasteiger partial charge on any atom is -0.408 e. The molecular weight excluding hydrogens is 389 g/mol. The van der Waals surface area contributed by atoms with E-state index in [4.69, 9.17) is 4.42 Å². The summed E-state index contributed by atoms with van der Waals surface area (Å²) in [6, 6.07) is 12.2. The quantitative estimate of drug-likeness (QED) is 0.670. The predicted molar refractivity (Wildman–Crippen MR) is 98.4 cm³/mol. The van der Waals surface area contributed by atoms with E-state index >= 15 is 0 Å². The first-order chi connectivity index (χ1) is 12.1. The summed E-state index contributed by atoms with van der Waals surface area (Å²) < 4.78 is 20.9. The van der Waals surface area contributed by atoms with E-state index in [0.29, 0.717) is 12.3 Å². The summed E-state index contributed by atoms with van der Waals surface area (Å²) >= 11 is 3.39. The summed E-state index contributed by atoms with van der Waals surface area (Å²) in [5, 5.41) is 0. The molecule has 0 saturated carbocycles. The molecule has 0 radical (unpaired) electrons. The largest absolute Gasteiger partial charge is 0.421 e. The lowest BCUT2D eigenvalue weighted by Gasteiger charge is -2.36. The lowest BCUT2D eigenvalue weighted by atomic mass is 10.2. The fourth-order valence-electron chi connectivity index (χ4n) is 3.17. The van der Waals surface area contributed by atoms with Gasteiger partial charge < -0.3 is 9.32 Å². The summed E-state index contributed by atoms with van der Waals surface area (Å²) in [5.74, 6) is -0.561. The molecule has 0 bridgehead atoms. The summed E-state index contributed by atoms with van der Waals surface area (Å²) in [6.45, 7) is 3.83. The number of hydrogen-bond acceptors (Lipinski definition) is 4. The molecule has 1 aliphatic heterocycles. The van der Waals surface area contributed by atoms with E-state index in [1.54, 1.807) is 22.8 Å². The van der Waals surface area contributed by atoms with Crippen molar-refractivity contribution in [1.29, 1.82) is 0 Å². The number of fused-ring (bicyclic) bond motifs is 1. The number of halogens is 2. The molecule has 130 valence electrons. The first-order valence-electron chi connectivity index (χ1n) is 8.12. The molecule has 3 aromatic rings. The Kier molecular flexibility index (Phi) is 4.35. The van der Waals surface area contributed by atoms with Gasteiger partial charge in [-0.2, -0.15) is 0 Å². The van der Waals surface area contributed by atoms with E-state index in [-0.39, 0.29) is 11.6 Å². The zero-order valence-electron chi connectivity index (χ0n) is 13.5. The maximum atomic E-state index is 13.0. The molecule has 1 aromatic heterocycles. The van der Waals surface area contributed by atoms with Gasteiger partial charge in [0.25, 0.3) is 0 Å². The van der Waals surface area contributed by atoms with Crippen molar-refractivity contribution in [3.63, 3.8) is 0 Å². The van der Waals surface area contributed by atoms with Gasteiger partial charge in [0.1, 0.15) is 5.82 Å². The standard InChI is InChI=1S/C18H17BrFN3O2/c19-13-1-6-16-17(11-13)25-18(24)23(16)12-21-7-9-22(10-8-21)15-4-2-14(20)3-5-15/h1-6,11H,7-10,12H2. The van der Waals surface area contributed by atoms with Crippen LogP contribution >= 0.6 is 15.9 Å². The smallest absolute Gasteiger partial charge is 0.408 e. The third-order valence-electron chi connectivity index (χ3n) is 4.54. The van der Waals surface area contributed by atoms with Crippen molar-refractivity contribution >= 4 is 32.7 Å². The van der Waals surface area contributed by atoms with Crippen LogP contribution in [0.1, 0.15) is 0 Å². The van der Waals surface area contributed by atoms with Crippen LogP contribution in [0.15, 0.2) is 56.1 Å². The number of anilines is 1. The molecule has 1 fully saturated rings. The fourth-order valence-corrected chi connectivity index (χ4v) is 3.51. The molecule has 0 aliphatic carbocycles. The minimum atomic E-state index is -0.339. The highest BCUT2D eigenvalue weighted by atomic mass is 79.9. The Balaban J connectivity index is 1.46. The van der Waals surface area contributed by atoms with Crippen molar-refractivity contribution in [2.24, 2.45) is 0 Å². The Labute approximate surface area is 152 Å². The molecule has 2 heterocycles. The van der Waals surface area contributed by atoms with Gasteiger partial charge in [-0.15, -0.1) is 0 Å². The van der Waals surface area contributed by atoms with Crippen molar-refractivity contribution in [2.45, 2.75) is 6.67 Å². The van der Waals surface area contributed by atoms with Crippen LogP contribution in [-0.4, -0.2) is 35.6 Å². The van der Waals surface area contributed by atoms with Crippen molar-refractivity contribution in [1.82, 2.24) is 9.47 Å². The second-order valence-electron chi connectivity index (χ2n) is 6.13. The summed E-state index contributed by atoms with van der Waals surface area (Å²) in [5.41, 5.74) is 2.41. The molecule has 0 atom stereocenters. The van der Waals surface area contributed by atoms with E-state index in [2.05, 4.69) is 25.7 Å². The number of nitrogens with zero attached hydrogens (tertiary/aromatic N) is 3. The van der Waals surface area contributed by atoms with Crippen LogP contribution in [-0.2, 0) is 6.67 Å². The summed E-state index contributed by atoms with van der Waals surface area (Å²) in [7, 11) is 0. The molecule has 0 unspecified atom stereocenters. The predicted octanol–water partition coefficient (Wildman–Crippen LogP) is 3.28. The molecule has 1 aliphatic rings. The van der Waals surface area contributed by atoms with Gasteiger partial charge in [0, 0.05) is 36.3 Å². The summed E-state index contributed by atoms with van der Waals surface area (Å²) in [4.78, 5) is 16.6. The van der Waals surface area contributed by atoms with E-state index in [1.807, 2.05) is 12.1 Å². The van der Waals surface area contributed by atoms with Crippen molar-refractivity contribution in [3.8, 4) is 0 Å². The minimum absolute atomic E-state index is 0.222. The second-order valence-corrected chi connectivity index (χ2v) is 7.05. The molecular formula is C18H17BrFN3O2. The average molecular weight is 406 g/mol. The SMILES string of the molecule is O=c1oc2cc(Br)ccc2n1CN1CCN(c2ccc(F)cc2)CC1. The van der Waals surface area contributed by atoms with Crippen LogP contribution in [0.5, 0.6) is 0 Å². The Morgan fingerprint density at radius 3 is 2.48 bits per heavy atom. The topological polar surface area (TPSA) is 41.6 Å². The van der Waals surface area contributed by atoms with Gasteiger partial charge in [0.15, 0.2) is 5.58 Å². The van der Waals surface area contributed by atoms with Crippen LogP contribution in [0, 0.1) is 5.82 Å². The molecule has 4 rings (SSSR count). The normalized spacial score (nSPS) is 15.8. The lowest BCUT2D eigenvalue weighted by Crippen LogP contribution is -2.47. The molecule has 0 amide bonds. The maximum absolute atomic E-state index is 13.0. The van der Waals surface area contributed by atoms with Crippen LogP contribution in [0.25, 0.3) is 11.1 Å². The highest BCUT2D eigenvalue weighted by molar-refractivity contribution is 9.10. The van der Waals surface area contributed by atoms with E-state index in [9.17, 15) is 9.18 Å². The highest BCUT2D eigenvalue weighted by Gasteiger charge is 2.19. The third-order valence-corrected chi connectivity index (χ3v) is 5.03. The van der Waals surface area contributed by atoms with Crippen LogP contribution < -0.4 is 10.7 Å². The van der Waals surface area contributed by atoms with Gasteiger partial charge in [-0.25, -0.2) is 9.18 Å². The van der Waals surface area contributed by atoms with Crippen LogP contribution in [0.4, 0.5) is 10.1 Å². The van der Waals surface area contributed by atoms with Crippen LogP contribution in [0.3, 0.4) is 0 Å². The van der Waals surface area contributed by atoms with Gasteiger partial charge in [-0.1, -0.05) is 15.9 Å². The number of benzene rings is 2. The number of aromatic nitrogens is 1. The number of piperazine rings is 1. The Morgan fingerprint density at radius 2 is 1.76 bits per heavy atom. The first kappa shape index (κ1) is 16.4. The van der Waals surface area contributed by atoms with Gasteiger partial charge in [0.05, 0.1) is 12.2 Å². The van der Waals surface area contributed by atoms with Crippen molar-refractivity contribution < 1.29 is 8.81 Å². The van der Waals surface area contributed by atoms with E-state index in [1.165, 1.54) is 12.1 Å². The van der Waals surface area contributed by atoms with Gasteiger partial charge in [0.2, 0.25) is 0 Å². The average Bonchev–Trinajstić information content (AvgIpc) is 2.91. The molecule has 2 aromatic carbocycles. The zero-order chi connectivity index (χ0) is 17.4. The lowest BCUT2D eigenvalue weighted by molar-refractivity contribution is 0.202. The van der Waals surface area contributed by atoms with Crippen LogP contribution in [0.2, 0.25) is 0 Å². The maximum Gasteiger partial charge on any atom is 0.421 e. The highest BCUT2D eigenvalue weighted by Crippen LogP contribution is 2.20. The Hall–Kier alpha value is -2.12. The Morgan fingerprint density at radius 1 is 1.04 bits per heavy atom. The van der Waals surface area contributed by atoms with Crippen molar-refractivity contribution in [3.05, 3.63) is 63.3 Å². The molecule has 1 saturated heterocycles. The monoisotopic (exact) mass is 405 g/mol. The van der Waals surface area contributed by atoms with Gasteiger partial charge in [-0.05, 0) is 42.5 Å². The zero-order valence-corrected chi connectivity index (χ0v) is 15.1. The number of oxazole rings is 1. The van der Waals surface area contributed by atoms with E-state index in [0.717, 1.165) is 41.9 Å². The van der Waals surface area contributed by atoms with E-state index < -0.39 is 0 Å². The van der Waals surface area contributed by atoms with Gasteiger partial charge in [-0.3, -0.25) is 9.47 Å². The Bertz CT molecular complexity index is 943. The molecule has 0 spiro atoms. The number of rotatable bonds is 3. The first-order valence-corrected chi connectivity index (χ1v) is 8.91. The van der Waals surface area contributed by atoms with Gasteiger partial charge >= 0.3 is 5.76 Å². The molecule has 7 heteroatoms. The summed E-state index contributed by atoms with van der Waals surface area (Å²) in [6.07, 6.45) is 0. The molecule has 25 heavy (non-hydrogen) atoms. The number of hydrogen-bond donors (Lipinski definition) is 0. The second kappa shape index (κ2) is 6.65.